The van der Waals surface area contributed by atoms with Crippen molar-refractivity contribution in [3.05, 3.63) is 23.8 Å². The third-order valence-electron chi connectivity index (χ3n) is 10.5. The summed E-state index contributed by atoms with van der Waals surface area (Å²) in [5, 5.41) is 0. The Morgan fingerprint density at radius 2 is 1.55 bits per heavy atom. The summed E-state index contributed by atoms with van der Waals surface area (Å²) >= 11 is 0. The van der Waals surface area contributed by atoms with Gasteiger partial charge in [-0.2, -0.15) is 0 Å². The van der Waals surface area contributed by atoms with Crippen molar-refractivity contribution < 1.29 is 0 Å². The van der Waals surface area contributed by atoms with E-state index in [0.717, 1.165) is 17.8 Å². The van der Waals surface area contributed by atoms with Gasteiger partial charge >= 0.3 is 0 Å². The van der Waals surface area contributed by atoms with Gasteiger partial charge in [0.1, 0.15) is 0 Å². The van der Waals surface area contributed by atoms with Crippen molar-refractivity contribution in [2.24, 2.45) is 28.6 Å². The molecule has 0 N–H and O–H groups in total. The van der Waals surface area contributed by atoms with Gasteiger partial charge in [0.05, 0.1) is 6.17 Å². The van der Waals surface area contributed by atoms with E-state index in [4.69, 9.17) is 0 Å². The Morgan fingerprint density at radius 3 is 2.28 bits per heavy atom. The first-order chi connectivity index (χ1) is 14.2. The summed E-state index contributed by atoms with van der Waals surface area (Å²) in [4.78, 5) is 5.81. The second kappa shape index (κ2) is 7.23. The summed E-state index contributed by atoms with van der Waals surface area (Å²) in [5.74, 6) is 2.84. The fourth-order valence-electron chi connectivity index (χ4n) is 9.22. The molecule has 29 heavy (non-hydrogen) atoms. The van der Waals surface area contributed by atoms with Crippen LogP contribution in [0, 0.1) is 28.6 Å². The van der Waals surface area contributed by atoms with Gasteiger partial charge in [0, 0.05) is 5.41 Å². The minimum Gasteiger partial charge on any atom is -0.287 e. The lowest BCUT2D eigenvalue weighted by Gasteiger charge is -2.61. The first kappa shape index (κ1) is 19.1. The van der Waals surface area contributed by atoms with E-state index in [1.807, 2.05) is 5.57 Å². The fraction of sp³-hybridized carbons (Fsp3) is 0.852. The molecule has 0 radical (unpaired) electrons. The van der Waals surface area contributed by atoms with Crippen LogP contribution in [0.4, 0.5) is 0 Å². The van der Waals surface area contributed by atoms with E-state index in [0.29, 0.717) is 17.0 Å². The van der Waals surface area contributed by atoms with Crippen LogP contribution in [0.3, 0.4) is 0 Å². The minimum absolute atomic E-state index is 0.327. The molecule has 3 saturated carbocycles. The highest BCUT2D eigenvalue weighted by Crippen LogP contribution is 2.65. The summed E-state index contributed by atoms with van der Waals surface area (Å²) in [5.41, 5.74) is 2.84. The van der Waals surface area contributed by atoms with E-state index >= 15 is 0 Å². The van der Waals surface area contributed by atoms with E-state index in [-0.39, 0.29) is 0 Å². The van der Waals surface area contributed by atoms with Gasteiger partial charge in [-0.05, 0) is 114 Å². The number of rotatable bonds is 3. The summed E-state index contributed by atoms with van der Waals surface area (Å²) in [6.07, 6.45) is 26.0. The summed E-state index contributed by atoms with van der Waals surface area (Å²) < 4.78 is 0. The molecule has 2 aliphatic heterocycles. The highest BCUT2D eigenvalue weighted by molar-refractivity contribution is 5.41. The molecule has 0 bridgehead atoms. The number of fused-ring (bicyclic) bond motifs is 5. The molecule has 5 atom stereocenters. The van der Waals surface area contributed by atoms with Gasteiger partial charge in [-0.3, -0.25) is 9.80 Å². The van der Waals surface area contributed by atoms with Gasteiger partial charge in [-0.1, -0.05) is 43.6 Å². The molecule has 4 aliphatic carbocycles. The number of hydrogen-bond donors (Lipinski definition) is 0. The molecular weight excluding hydrogens is 352 g/mol. The molecule has 0 spiro atoms. The molecule has 0 amide bonds. The maximum atomic E-state index is 2.91. The first-order valence-electron chi connectivity index (χ1n) is 13.1. The van der Waals surface area contributed by atoms with E-state index in [9.17, 15) is 0 Å². The Balaban J connectivity index is 1.35. The minimum atomic E-state index is 0.327. The van der Waals surface area contributed by atoms with E-state index in [1.54, 1.807) is 0 Å². The molecule has 2 saturated heterocycles. The van der Waals surface area contributed by atoms with Crippen LogP contribution in [0.1, 0.15) is 84.0 Å². The average Bonchev–Trinajstić information content (AvgIpc) is 3.50. The van der Waals surface area contributed by atoms with Crippen LogP contribution in [0.15, 0.2) is 23.8 Å². The quantitative estimate of drug-likeness (QED) is 0.579. The maximum absolute atomic E-state index is 2.91. The highest BCUT2D eigenvalue weighted by atomic mass is 15.4. The van der Waals surface area contributed by atoms with E-state index < -0.39 is 0 Å². The molecule has 1 unspecified atom stereocenters. The molecule has 6 rings (SSSR count). The van der Waals surface area contributed by atoms with Crippen LogP contribution in [-0.2, 0) is 0 Å². The maximum Gasteiger partial charge on any atom is 0.0754 e. The Kier molecular flexibility index (Phi) is 4.76. The Hall–Kier alpha value is -0.600. The average molecular weight is 395 g/mol. The number of hydrogen-bond acceptors (Lipinski definition) is 2. The Bertz CT molecular complexity index is 667. The SMILES string of the molecule is C[C@]12CCCCC1CC[C@H]1C3=CC=C[C@@]3(C(N3CCCC3)N3CCCC3)CC[C@@H]12. The lowest BCUT2D eigenvalue weighted by Crippen LogP contribution is -2.60. The normalized spacial score (nSPS) is 45.3. The van der Waals surface area contributed by atoms with Crippen LogP contribution in [0.5, 0.6) is 0 Å². The Morgan fingerprint density at radius 1 is 0.828 bits per heavy atom. The van der Waals surface area contributed by atoms with Crippen molar-refractivity contribution in [3.63, 3.8) is 0 Å². The monoisotopic (exact) mass is 394 g/mol. The summed E-state index contributed by atoms with van der Waals surface area (Å²) in [6, 6.07) is 0. The summed E-state index contributed by atoms with van der Waals surface area (Å²) in [6.45, 7) is 8.04. The molecule has 5 fully saturated rings. The highest BCUT2D eigenvalue weighted by Gasteiger charge is 2.58. The van der Waals surface area contributed by atoms with Crippen LogP contribution in [0.25, 0.3) is 0 Å². The Labute approximate surface area is 178 Å². The molecule has 0 aromatic heterocycles. The second-order valence-electron chi connectivity index (χ2n) is 11.7. The third-order valence-corrected chi connectivity index (χ3v) is 10.5. The number of likely N-dealkylation sites (tertiary alicyclic amines) is 2. The van der Waals surface area contributed by atoms with Gasteiger partial charge < -0.3 is 0 Å². The molecule has 2 heterocycles. The molecule has 2 nitrogen and oxygen atoms in total. The van der Waals surface area contributed by atoms with Gasteiger partial charge in [0.15, 0.2) is 0 Å². The lowest BCUT2D eigenvalue weighted by atomic mass is 9.46. The molecule has 0 aromatic rings. The van der Waals surface area contributed by atoms with E-state index in [2.05, 4.69) is 35.0 Å². The molecular formula is C27H42N2. The van der Waals surface area contributed by atoms with E-state index in [1.165, 1.54) is 103 Å². The second-order valence-corrected chi connectivity index (χ2v) is 11.7. The van der Waals surface area contributed by atoms with Crippen LogP contribution in [-0.4, -0.2) is 42.1 Å². The zero-order chi connectivity index (χ0) is 19.5. The van der Waals surface area contributed by atoms with Crippen LogP contribution in [0.2, 0.25) is 0 Å². The summed E-state index contributed by atoms with van der Waals surface area (Å²) in [7, 11) is 0. The predicted octanol–water partition coefficient (Wildman–Crippen LogP) is 6.00. The lowest BCUT2D eigenvalue weighted by molar-refractivity contribution is -0.0741. The van der Waals surface area contributed by atoms with Gasteiger partial charge in [0.2, 0.25) is 0 Å². The molecule has 2 heteroatoms. The smallest absolute Gasteiger partial charge is 0.0754 e. The number of nitrogens with zero attached hydrogens (tertiary/aromatic N) is 2. The third kappa shape index (κ3) is 2.80. The molecule has 160 valence electrons. The van der Waals surface area contributed by atoms with Crippen molar-refractivity contribution >= 4 is 0 Å². The topological polar surface area (TPSA) is 6.48 Å². The zero-order valence-corrected chi connectivity index (χ0v) is 18.7. The van der Waals surface area contributed by atoms with Crippen LogP contribution < -0.4 is 0 Å². The van der Waals surface area contributed by atoms with Crippen molar-refractivity contribution in [2.75, 3.05) is 26.2 Å². The first-order valence-corrected chi connectivity index (χ1v) is 13.1. The zero-order valence-electron chi connectivity index (χ0n) is 18.7. The largest absolute Gasteiger partial charge is 0.287 e. The van der Waals surface area contributed by atoms with Crippen molar-refractivity contribution in [1.82, 2.24) is 9.80 Å². The van der Waals surface area contributed by atoms with Gasteiger partial charge in [-0.25, -0.2) is 0 Å². The van der Waals surface area contributed by atoms with Crippen molar-refractivity contribution in [2.45, 2.75) is 90.1 Å². The van der Waals surface area contributed by atoms with Gasteiger partial charge in [-0.15, -0.1) is 0 Å². The van der Waals surface area contributed by atoms with Crippen molar-refractivity contribution in [1.29, 1.82) is 0 Å². The fourth-order valence-corrected chi connectivity index (χ4v) is 9.22. The van der Waals surface area contributed by atoms with Crippen molar-refractivity contribution in [3.8, 4) is 0 Å². The standard InChI is InChI=1S/C27H42N2/c1-26-14-3-2-9-21(26)11-12-22-23(26)13-16-27(15-8-10-24(22)27)25(28-17-4-5-18-28)29-19-6-7-20-29/h8,10,15,21-23,25H,2-7,9,11-14,16-20H2,1H3/t21?,22-,23+,26+,27-/m1/s1. The number of allylic oxidation sites excluding steroid dienone is 2. The molecule has 6 aliphatic rings. The molecule has 0 aromatic carbocycles. The predicted molar refractivity (Wildman–Crippen MR) is 121 cm³/mol. The van der Waals surface area contributed by atoms with Gasteiger partial charge in [0.25, 0.3) is 0 Å². The van der Waals surface area contributed by atoms with Crippen LogP contribution >= 0.6 is 0 Å².